The molecule has 0 radical (unpaired) electrons. The number of hydrogen-bond donors (Lipinski definition) is 1. The van der Waals surface area contributed by atoms with Gasteiger partial charge in [0.2, 0.25) is 0 Å². The molecule has 20 heavy (non-hydrogen) atoms. The SMILES string of the molecule is Cc1c(CNCc2cccc(Br)c2)cccc1[N+](=O)[O-]. The molecule has 0 aromatic heterocycles. The first kappa shape index (κ1) is 14.7. The Morgan fingerprint density at radius 1 is 1.20 bits per heavy atom. The van der Waals surface area contributed by atoms with Crippen LogP contribution in [0.2, 0.25) is 0 Å². The van der Waals surface area contributed by atoms with Gasteiger partial charge < -0.3 is 5.32 Å². The zero-order chi connectivity index (χ0) is 14.5. The van der Waals surface area contributed by atoms with Crippen molar-refractivity contribution in [2.24, 2.45) is 0 Å². The van der Waals surface area contributed by atoms with Crippen LogP contribution in [0, 0.1) is 17.0 Å². The predicted octanol–water partition coefficient (Wildman–Crippen LogP) is 3.96. The summed E-state index contributed by atoms with van der Waals surface area (Å²) in [5.74, 6) is 0. The van der Waals surface area contributed by atoms with Gasteiger partial charge in [-0.1, -0.05) is 40.2 Å². The maximum Gasteiger partial charge on any atom is 0.272 e. The van der Waals surface area contributed by atoms with E-state index >= 15 is 0 Å². The minimum absolute atomic E-state index is 0.173. The molecule has 1 N–H and O–H groups in total. The van der Waals surface area contributed by atoms with Crippen molar-refractivity contribution in [3.8, 4) is 0 Å². The van der Waals surface area contributed by atoms with Gasteiger partial charge in [-0.05, 0) is 30.2 Å². The van der Waals surface area contributed by atoms with Crippen LogP contribution in [0.3, 0.4) is 0 Å². The van der Waals surface area contributed by atoms with Crippen LogP contribution in [0.15, 0.2) is 46.9 Å². The van der Waals surface area contributed by atoms with E-state index in [-0.39, 0.29) is 10.6 Å². The molecule has 0 atom stereocenters. The molecule has 0 aliphatic carbocycles. The van der Waals surface area contributed by atoms with E-state index in [4.69, 9.17) is 0 Å². The van der Waals surface area contributed by atoms with Crippen LogP contribution in [0.25, 0.3) is 0 Å². The molecule has 0 bridgehead atoms. The monoisotopic (exact) mass is 334 g/mol. The molecule has 0 saturated carbocycles. The first-order valence-corrected chi connectivity index (χ1v) is 7.05. The van der Waals surface area contributed by atoms with Gasteiger partial charge in [-0.25, -0.2) is 0 Å². The van der Waals surface area contributed by atoms with Gasteiger partial charge in [-0.15, -0.1) is 0 Å². The highest BCUT2D eigenvalue weighted by atomic mass is 79.9. The highest BCUT2D eigenvalue weighted by Crippen LogP contribution is 2.21. The Bertz CT molecular complexity index is 629. The summed E-state index contributed by atoms with van der Waals surface area (Å²) in [5, 5.41) is 14.2. The van der Waals surface area contributed by atoms with E-state index in [9.17, 15) is 10.1 Å². The third-order valence-corrected chi connectivity index (χ3v) is 3.64. The lowest BCUT2D eigenvalue weighted by Gasteiger charge is -2.08. The lowest BCUT2D eigenvalue weighted by molar-refractivity contribution is -0.385. The van der Waals surface area contributed by atoms with E-state index in [1.165, 1.54) is 11.6 Å². The first-order chi connectivity index (χ1) is 9.58. The summed E-state index contributed by atoms with van der Waals surface area (Å²) >= 11 is 3.43. The zero-order valence-electron chi connectivity index (χ0n) is 11.1. The molecule has 2 aromatic carbocycles. The molecule has 0 heterocycles. The number of rotatable bonds is 5. The Hall–Kier alpha value is -1.72. The molecule has 0 amide bonds. The fraction of sp³-hybridized carbons (Fsp3) is 0.200. The minimum atomic E-state index is -0.340. The van der Waals surface area contributed by atoms with Crippen LogP contribution in [-0.4, -0.2) is 4.92 Å². The van der Waals surface area contributed by atoms with Crippen molar-refractivity contribution in [1.82, 2.24) is 5.32 Å². The van der Waals surface area contributed by atoms with E-state index in [0.717, 1.165) is 22.1 Å². The van der Waals surface area contributed by atoms with Crippen molar-refractivity contribution in [1.29, 1.82) is 0 Å². The van der Waals surface area contributed by atoms with Gasteiger partial charge in [0.05, 0.1) is 4.92 Å². The summed E-state index contributed by atoms with van der Waals surface area (Å²) in [7, 11) is 0. The quantitative estimate of drug-likeness (QED) is 0.665. The van der Waals surface area contributed by atoms with E-state index in [0.29, 0.717) is 6.54 Å². The third kappa shape index (κ3) is 3.65. The molecule has 0 aliphatic heterocycles. The Labute approximate surface area is 126 Å². The number of nitro groups is 1. The van der Waals surface area contributed by atoms with Gasteiger partial charge in [-0.2, -0.15) is 0 Å². The highest BCUT2D eigenvalue weighted by molar-refractivity contribution is 9.10. The van der Waals surface area contributed by atoms with Crippen LogP contribution >= 0.6 is 15.9 Å². The van der Waals surface area contributed by atoms with Crippen molar-refractivity contribution >= 4 is 21.6 Å². The molecular formula is C15H15BrN2O2. The van der Waals surface area contributed by atoms with Crippen LogP contribution < -0.4 is 5.32 Å². The standard InChI is InChI=1S/C15H15BrN2O2/c1-11-13(5-3-7-15(11)18(19)20)10-17-9-12-4-2-6-14(16)8-12/h2-8,17H,9-10H2,1H3. The van der Waals surface area contributed by atoms with E-state index in [1.807, 2.05) is 30.3 Å². The second kappa shape index (κ2) is 6.63. The van der Waals surface area contributed by atoms with Crippen molar-refractivity contribution < 1.29 is 4.92 Å². The summed E-state index contributed by atoms with van der Waals surface area (Å²) in [6, 6.07) is 13.2. The minimum Gasteiger partial charge on any atom is -0.309 e. The van der Waals surface area contributed by atoms with Crippen LogP contribution in [0.5, 0.6) is 0 Å². The molecule has 104 valence electrons. The second-order valence-corrected chi connectivity index (χ2v) is 5.47. The van der Waals surface area contributed by atoms with Gasteiger partial charge >= 0.3 is 0 Å². The average Bonchev–Trinajstić information content (AvgIpc) is 2.40. The average molecular weight is 335 g/mol. The molecule has 5 heteroatoms. The maximum atomic E-state index is 10.9. The summed E-state index contributed by atoms with van der Waals surface area (Å²) in [6.45, 7) is 3.12. The van der Waals surface area contributed by atoms with Gasteiger partial charge in [0.15, 0.2) is 0 Å². The predicted molar refractivity (Wildman–Crippen MR) is 82.5 cm³/mol. The first-order valence-electron chi connectivity index (χ1n) is 6.26. The number of nitrogens with one attached hydrogen (secondary N) is 1. The maximum absolute atomic E-state index is 10.9. The van der Waals surface area contributed by atoms with Crippen molar-refractivity contribution in [3.05, 3.63) is 73.7 Å². The lowest BCUT2D eigenvalue weighted by atomic mass is 10.1. The molecular weight excluding hydrogens is 320 g/mol. The fourth-order valence-electron chi connectivity index (χ4n) is 2.05. The third-order valence-electron chi connectivity index (χ3n) is 3.15. The fourth-order valence-corrected chi connectivity index (χ4v) is 2.49. The molecule has 2 aromatic rings. The molecule has 0 aliphatic rings. The second-order valence-electron chi connectivity index (χ2n) is 4.55. The Kier molecular flexibility index (Phi) is 4.87. The molecule has 0 unspecified atom stereocenters. The van der Waals surface area contributed by atoms with Gasteiger partial charge in [0.25, 0.3) is 5.69 Å². The Balaban J connectivity index is 2.01. The van der Waals surface area contributed by atoms with E-state index < -0.39 is 0 Å². The van der Waals surface area contributed by atoms with Crippen molar-refractivity contribution in [2.45, 2.75) is 20.0 Å². The number of nitrogens with zero attached hydrogens (tertiary/aromatic N) is 1. The number of halogens is 1. The molecule has 2 rings (SSSR count). The van der Waals surface area contributed by atoms with Gasteiger partial charge in [-0.3, -0.25) is 10.1 Å². The molecule has 0 fully saturated rings. The largest absolute Gasteiger partial charge is 0.309 e. The van der Waals surface area contributed by atoms with Crippen molar-refractivity contribution in [3.63, 3.8) is 0 Å². The summed E-state index contributed by atoms with van der Waals surface area (Å²) in [5.41, 5.74) is 3.02. The normalized spacial score (nSPS) is 10.5. The molecule has 4 nitrogen and oxygen atoms in total. The summed E-state index contributed by atoms with van der Waals surface area (Å²) in [4.78, 5) is 10.5. The van der Waals surface area contributed by atoms with Crippen LogP contribution in [0.4, 0.5) is 5.69 Å². The number of nitro benzene ring substituents is 1. The summed E-state index contributed by atoms with van der Waals surface area (Å²) < 4.78 is 1.04. The van der Waals surface area contributed by atoms with Gasteiger partial charge in [0.1, 0.15) is 0 Å². The van der Waals surface area contributed by atoms with Crippen molar-refractivity contribution in [2.75, 3.05) is 0 Å². The topological polar surface area (TPSA) is 55.2 Å². The van der Waals surface area contributed by atoms with Crippen LogP contribution in [0.1, 0.15) is 16.7 Å². The highest BCUT2D eigenvalue weighted by Gasteiger charge is 2.12. The van der Waals surface area contributed by atoms with E-state index in [1.54, 1.807) is 13.0 Å². The number of hydrogen-bond acceptors (Lipinski definition) is 3. The van der Waals surface area contributed by atoms with Crippen LogP contribution in [-0.2, 0) is 13.1 Å². The molecule has 0 saturated heterocycles. The lowest BCUT2D eigenvalue weighted by Crippen LogP contribution is -2.13. The Morgan fingerprint density at radius 2 is 1.95 bits per heavy atom. The smallest absolute Gasteiger partial charge is 0.272 e. The zero-order valence-corrected chi connectivity index (χ0v) is 12.7. The summed E-state index contributed by atoms with van der Waals surface area (Å²) in [6.07, 6.45) is 0. The van der Waals surface area contributed by atoms with Gasteiger partial charge in [0, 0.05) is 29.2 Å². The Morgan fingerprint density at radius 3 is 2.65 bits per heavy atom. The molecule has 0 spiro atoms. The van der Waals surface area contributed by atoms with E-state index in [2.05, 4.69) is 21.2 Å². The number of benzene rings is 2.